The van der Waals surface area contributed by atoms with Crippen LogP contribution < -0.4 is 5.32 Å². The molecule has 1 aliphatic heterocycles. The summed E-state index contributed by atoms with van der Waals surface area (Å²) in [5.41, 5.74) is -1.30. The Hall–Kier alpha value is -0.610. The number of aliphatic hydroxyl groups is 2. The van der Waals surface area contributed by atoms with Crippen molar-refractivity contribution in [1.29, 1.82) is 0 Å². The SMILES string of the molecule is CC[C@H]1C[C@H](C)[C@@](O)([C@@H](C)[C@@H](O)[C@@H](C)CC)NC1=O. The van der Waals surface area contributed by atoms with Crippen molar-refractivity contribution in [1.82, 2.24) is 5.32 Å². The topological polar surface area (TPSA) is 69.6 Å². The van der Waals surface area contributed by atoms with E-state index in [1.54, 1.807) is 0 Å². The van der Waals surface area contributed by atoms with E-state index in [1.165, 1.54) is 0 Å². The van der Waals surface area contributed by atoms with Gasteiger partial charge in [0, 0.05) is 17.8 Å². The summed E-state index contributed by atoms with van der Waals surface area (Å²) < 4.78 is 0. The molecule has 0 saturated carbocycles. The van der Waals surface area contributed by atoms with E-state index in [9.17, 15) is 15.0 Å². The van der Waals surface area contributed by atoms with Crippen molar-refractivity contribution in [3.05, 3.63) is 0 Å². The first-order valence-electron chi connectivity index (χ1n) is 7.50. The van der Waals surface area contributed by atoms with Gasteiger partial charge in [-0.25, -0.2) is 0 Å². The van der Waals surface area contributed by atoms with Gasteiger partial charge in [-0.05, 0) is 18.8 Å². The lowest BCUT2D eigenvalue weighted by molar-refractivity contribution is -0.170. The van der Waals surface area contributed by atoms with Crippen molar-refractivity contribution in [3.8, 4) is 0 Å². The zero-order chi connectivity index (χ0) is 14.8. The van der Waals surface area contributed by atoms with Gasteiger partial charge < -0.3 is 15.5 Å². The number of hydrogen-bond acceptors (Lipinski definition) is 3. The Bertz CT molecular complexity index is 321. The van der Waals surface area contributed by atoms with Crippen molar-refractivity contribution in [3.63, 3.8) is 0 Å². The molecule has 19 heavy (non-hydrogen) atoms. The smallest absolute Gasteiger partial charge is 0.225 e. The summed E-state index contributed by atoms with van der Waals surface area (Å²) in [6.45, 7) is 9.73. The van der Waals surface area contributed by atoms with Crippen LogP contribution in [0.15, 0.2) is 0 Å². The molecule has 1 rings (SSSR count). The number of carbonyl (C=O) groups is 1. The number of amides is 1. The van der Waals surface area contributed by atoms with Gasteiger partial charge in [0.15, 0.2) is 0 Å². The Morgan fingerprint density at radius 2 is 2.00 bits per heavy atom. The predicted molar refractivity (Wildman–Crippen MR) is 75.3 cm³/mol. The lowest BCUT2D eigenvalue weighted by Gasteiger charge is -2.47. The summed E-state index contributed by atoms with van der Waals surface area (Å²) >= 11 is 0. The Labute approximate surface area is 116 Å². The molecule has 4 nitrogen and oxygen atoms in total. The molecular weight excluding hydrogens is 242 g/mol. The normalized spacial score (nSPS) is 36.5. The van der Waals surface area contributed by atoms with E-state index in [0.717, 1.165) is 12.8 Å². The third kappa shape index (κ3) is 3.11. The van der Waals surface area contributed by atoms with E-state index in [1.807, 2.05) is 34.6 Å². The Kier molecular flexibility index (Phi) is 5.39. The fourth-order valence-electron chi connectivity index (χ4n) is 3.05. The first-order valence-corrected chi connectivity index (χ1v) is 7.50. The van der Waals surface area contributed by atoms with E-state index in [4.69, 9.17) is 0 Å². The van der Waals surface area contributed by atoms with Crippen LogP contribution in [0.3, 0.4) is 0 Å². The van der Waals surface area contributed by atoms with E-state index in [2.05, 4.69) is 5.32 Å². The van der Waals surface area contributed by atoms with Crippen LogP contribution in [0.25, 0.3) is 0 Å². The summed E-state index contributed by atoms with van der Waals surface area (Å²) in [6.07, 6.45) is 1.70. The van der Waals surface area contributed by atoms with E-state index in [-0.39, 0.29) is 29.6 Å². The highest BCUT2D eigenvalue weighted by Crippen LogP contribution is 2.37. The van der Waals surface area contributed by atoms with Crippen LogP contribution in [0.5, 0.6) is 0 Å². The summed E-state index contributed by atoms with van der Waals surface area (Å²) in [5, 5.41) is 23.9. The highest BCUT2D eigenvalue weighted by atomic mass is 16.3. The molecule has 4 heteroatoms. The number of carbonyl (C=O) groups excluding carboxylic acids is 1. The van der Waals surface area contributed by atoms with Crippen LogP contribution in [0.2, 0.25) is 0 Å². The lowest BCUT2D eigenvalue weighted by atomic mass is 9.72. The number of rotatable bonds is 5. The van der Waals surface area contributed by atoms with Crippen LogP contribution in [-0.4, -0.2) is 27.9 Å². The maximum absolute atomic E-state index is 12.0. The summed E-state index contributed by atoms with van der Waals surface area (Å²) in [5.74, 6) is -0.440. The molecule has 0 aromatic rings. The average Bonchev–Trinajstić information content (AvgIpc) is 2.40. The van der Waals surface area contributed by atoms with Gasteiger partial charge in [0.05, 0.1) is 6.10 Å². The van der Waals surface area contributed by atoms with Gasteiger partial charge in [0.2, 0.25) is 5.91 Å². The zero-order valence-electron chi connectivity index (χ0n) is 12.8. The largest absolute Gasteiger partial charge is 0.392 e. The van der Waals surface area contributed by atoms with Crippen molar-refractivity contribution in [2.45, 2.75) is 65.7 Å². The Balaban J connectivity index is 2.88. The molecule has 0 aliphatic carbocycles. The van der Waals surface area contributed by atoms with Gasteiger partial charge in [-0.15, -0.1) is 0 Å². The molecule has 0 bridgehead atoms. The zero-order valence-corrected chi connectivity index (χ0v) is 12.8. The van der Waals surface area contributed by atoms with E-state index < -0.39 is 11.8 Å². The standard InChI is InChI=1S/C15H29NO3/c1-6-9(3)13(17)11(5)15(19)10(4)8-12(7-2)14(18)16-15/h9-13,17,19H,6-8H2,1-5H3,(H,16,18)/t9-,10-,11-,12-,13-,15+/m0/s1. The summed E-state index contributed by atoms with van der Waals surface area (Å²) in [6, 6.07) is 0. The van der Waals surface area contributed by atoms with Crippen molar-refractivity contribution >= 4 is 5.91 Å². The van der Waals surface area contributed by atoms with Gasteiger partial charge in [-0.1, -0.05) is 41.0 Å². The van der Waals surface area contributed by atoms with Crippen molar-refractivity contribution < 1.29 is 15.0 Å². The van der Waals surface area contributed by atoms with E-state index >= 15 is 0 Å². The molecule has 1 fully saturated rings. The Morgan fingerprint density at radius 3 is 2.47 bits per heavy atom. The first-order chi connectivity index (χ1) is 8.77. The molecule has 0 radical (unpaired) electrons. The van der Waals surface area contributed by atoms with Crippen LogP contribution in [0.4, 0.5) is 0 Å². The van der Waals surface area contributed by atoms with Crippen LogP contribution in [-0.2, 0) is 4.79 Å². The number of piperidine rings is 1. The minimum absolute atomic E-state index is 0.0248. The maximum atomic E-state index is 12.0. The minimum atomic E-state index is -1.30. The minimum Gasteiger partial charge on any atom is -0.392 e. The number of aliphatic hydroxyl groups excluding tert-OH is 1. The Morgan fingerprint density at radius 1 is 1.42 bits per heavy atom. The van der Waals surface area contributed by atoms with Gasteiger partial charge in [-0.2, -0.15) is 0 Å². The second kappa shape index (κ2) is 6.23. The molecule has 1 aliphatic rings. The molecule has 0 unspecified atom stereocenters. The highest BCUT2D eigenvalue weighted by molar-refractivity contribution is 5.80. The molecule has 0 aromatic heterocycles. The number of nitrogens with one attached hydrogen (secondary N) is 1. The first kappa shape index (κ1) is 16.4. The second-order valence-corrected chi connectivity index (χ2v) is 6.22. The quantitative estimate of drug-likeness (QED) is 0.715. The molecule has 6 atom stereocenters. The molecule has 112 valence electrons. The van der Waals surface area contributed by atoms with Gasteiger partial charge in [-0.3, -0.25) is 4.79 Å². The van der Waals surface area contributed by atoms with Gasteiger partial charge in [0.25, 0.3) is 0 Å². The van der Waals surface area contributed by atoms with Crippen molar-refractivity contribution in [2.24, 2.45) is 23.7 Å². The predicted octanol–water partition coefficient (Wildman–Crippen LogP) is 1.90. The molecule has 1 heterocycles. The number of hydrogen-bond donors (Lipinski definition) is 3. The van der Waals surface area contributed by atoms with Crippen LogP contribution in [0.1, 0.15) is 53.9 Å². The monoisotopic (exact) mass is 271 g/mol. The fraction of sp³-hybridized carbons (Fsp3) is 0.933. The molecule has 3 N–H and O–H groups in total. The molecule has 0 aromatic carbocycles. The van der Waals surface area contributed by atoms with Gasteiger partial charge in [0.1, 0.15) is 5.72 Å². The molecule has 1 amide bonds. The molecular formula is C15H29NO3. The maximum Gasteiger partial charge on any atom is 0.225 e. The lowest BCUT2D eigenvalue weighted by Crippen LogP contribution is -2.65. The summed E-state index contributed by atoms with van der Waals surface area (Å²) in [4.78, 5) is 12.0. The highest BCUT2D eigenvalue weighted by Gasteiger charge is 2.49. The fourth-order valence-corrected chi connectivity index (χ4v) is 3.05. The summed E-state index contributed by atoms with van der Waals surface area (Å²) in [7, 11) is 0. The van der Waals surface area contributed by atoms with Gasteiger partial charge >= 0.3 is 0 Å². The van der Waals surface area contributed by atoms with Crippen LogP contribution >= 0.6 is 0 Å². The van der Waals surface area contributed by atoms with Crippen LogP contribution in [0, 0.1) is 23.7 Å². The molecule has 0 spiro atoms. The third-order valence-corrected chi connectivity index (χ3v) is 5.01. The van der Waals surface area contributed by atoms with E-state index in [0.29, 0.717) is 6.42 Å². The third-order valence-electron chi connectivity index (χ3n) is 5.01. The van der Waals surface area contributed by atoms with Crippen molar-refractivity contribution in [2.75, 3.05) is 0 Å². The second-order valence-electron chi connectivity index (χ2n) is 6.22. The molecule has 1 saturated heterocycles. The average molecular weight is 271 g/mol.